The second-order valence-electron chi connectivity index (χ2n) is 2.78. The largest absolute Gasteiger partial charge is 0.478 e. The molecule has 0 atom stereocenters. The van der Waals surface area contributed by atoms with Crippen molar-refractivity contribution in [1.82, 2.24) is 5.32 Å². The number of rotatable bonds is 3. The van der Waals surface area contributed by atoms with E-state index >= 15 is 0 Å². The molecule has 0 aliphatic carbocycles. The number of carbonyl (C=O) groups excluding carboxylic acids is 1. The molecule has 0 saturated heterocycles. The van der Waals surface area contributed by atoms with Gasteiger partial charge in [-0.25, -0.2) is 14.0 Å². The van der Waals surface area contributed by atoms with Crippen LogP contribution in [0.3, 0.4) is 0 Å². The molecule has 0 aliphatic rings. The van der Waals surface area contributed by atoms with Crippen molar-refractivity contribution < 1.29 is 19.1 Å². The third-order valence-electron chi connectivity index (χ3n) is 1.54. The summed E-state index contributed by atoms with van der Waals surface area (Å²) in [5.41, 5.74) is 0.405. The van der Waals surface area contributed by atoms with Crippen LogP contribution in [0.15, 0.2) is 36.5 Å². The third-order valence-corrected chi connectivity index (χ3v) is 1.54. The number of anilines is 1. The molecule has 0 spiro atoms. The van der Waals surface area contributed by atoms with Gasteiger partial charge in [0.15, 0.2) is 0 Å². The van der Waals surface area contributed by atoms with Crippen LogP contribution in [0, 0.1) is 5.82 Å². The van der Waals surface area contributed by atoms with E-state index in [9.17, 15) is 14.0 Å². The fourth-order valence-corrected chi connectivity index (χ4v) is 0.889. The number of aliphatic carboxylic acids is 1. The van der Waals surface area contributed by atoms with E-state index in [0.29, 0.717) is 5.69 Å². The van der Waals surface area contributed by atoms with Crippen LogP contribution in [0.1, 0.15) is 0 Å². The molecule has 0 bridgehead atoms. The Morgan fingerprint density at radius 2 is 1.88 bits per heavy atom. The van der Waals surface area contributed by atoms with Crippen molar-refractivity contribution in [2.75, 3.05) is 5.32 Å². The number of carbonyl (C=O) groups is 2. The van der Waals surface area contributed by atoms with Gasteiger partial charge in [0.1, 0.15) is 5.82 Å². The zero-order chi connectivity index (χ0) is 12.0. The van der Waals surface area contributed by atoms with Crippen molar-refractivity contribution in [3.05, 3.63) is 42.4 Å². The van der Waals surface area contributed by atoms with Gasteiger partial charge in [0.2, 0.25) is 0 Å². The lowest BCUT2D eigenvalue weighted by Crippen LogP contribution is -2.24. The van der Waals surface area contributed by atoms with Gasteiger partial charge in [0.05, 0.1) is 0 Å². The molecule has 1 rings (SSSR count). The number of urea groups is 1. The van der Waals surface area contributed by atoms with E-state index in [1.165, 1.54) is 24.3 Å². The highest BCUT2D eigenvalue weighted by Gasteiger charge is 1.99. The maximum Gasteiger partial charge on any atom is 0.329 e. The number of hydrogen-bond donors (Lipinski definition) is 3. The topological polar surface area (TPSA) is 78.4 Å². The van der Waals surface area contributed by atoms with Gasteiger partial charge in [0, 0.05) is 18.0 Å². The van der Waals surface area contributed by atoms with Crippen LogP contribution in [0.2, 0.25) is 0 Å². The Hall–Kier alpha value is -2.37. The summed E-state index contributed by atoms with van der Waals surface area (Å²) in [7, 11) is 0. The van der Waals surface area contributed by atoms with E-state index < -0.39 is 17.8 Å². The Balaban J connectivity index is 2.45. The van der Waals surface area contributed by atoms with E-state index in [0.717, 1.165) is 12.3 Å². The van der Waals surface area contributed by atoms with E-state index in [-0.39, 0.29) is 0 Å². The summed E-state index contributed by atoms with van der Waals surface area (Å²) < 4.78 is 12.5. The van der Waals surface area contributed by atoms with Gasteiger partial charge in [-0.1, -0.05) is 0 Å². The van der Waals surface area contributed by atoms with Crippen LogP contribution in [-0.4, -0.2) is 17.1 Å². The monoisotopic (exact) mass is 224 g/mol. The van der Waals surface area contributed by atoms with Crippen LogP contribution in [-0.2, 0) is 4.79 Å². The normalized spacial score (nSPS) is 10.1. The van der Waals surface area contributed by atoms with E-state index in [2.05, 4.69) is 10.6 Å². The molecule has 84 valence electrons. The predicted octanol–water partition coefficient (Wildman–Crippen LogP) is 1.55. The molecule has 16 heavy (non-hydrogen) atoms. The highest BCUT2D eigenvalue weighted by atomic mass is 19.1. The van der Waals surface area contributed by atoms with Crippen molar-refractivity contribution in [3.63, 3.8) is 0 Å². The van der Waals surface area contributed by atoms with E-state index in [1.807, 2.05) is 0 Å². The number of carboxylic acid groups (broad SMARTS) is 1. The molecule has 0 unspecified atom stereocenters. The molecule has 1 aromatic carbocycles. The summed E-state index contributed by atoms with van der Waals surface area (Å²) in [5, 5.41) is 12.8. The molecule has 0 heterocycles. The smallest absolute Gasteiger partial charge is 0.329 e. The predicted molar refractivity (Wildman–Crippen MR) is 55.3 cm³/mol. The molecule has 0 radical (unpaired) electrons. The standard InChI is InChI=1S/C10H9FN2O3/c11-7-1-3-8(4-2-7)13-10(16)12-6-5-9(14)15/h1-6H,(H,14,15)(H2,12,13,16)/b6-5+. The second kappa shape index (κ2) is 5.50. The molecule has 2 amide bonds. The Bertz CT molecular complexity index is 415. The minimum absolute atomic E-state index is 0.405. The molecular formula is C10H9FN2O3. The van der Waals surface area contributed by atoms with E-state index in [4.69, 9.17) is 5.11 Å². The fourth-order valence-electron chi connectivity index (χ4n) is 0.889. The highest BCUT2D eigenvalue weighted by molar-refractivity contribution is 5.90. The number of halogens is 1. The van der Waals surface area contributed by atoms with Crippen molar-refractivity contribution >= 4 is 17.7 Å². The van der Waals surface area contributed by atoms with Crippen molar-refractivity contribution in [2.24, 2.45) is 0 Å². The summed E-state index contributed by atoms with van der Waals surface area (Å²) in [6, 6.07) is 4.56. The van der Waals surface area contributed by atoms with Gasteiger partial charge in [-0.05, 0) is 24.3 Å². The number of benzene rings is 1. The van der Waals surface area contributed by atoms with Crippen molar-refractivity contribution in [2.45, 2.75) is 0 Å². The lowest BCUT2D eigenvalue weighted by molar-refractivity contribution is -0.131. The molecule has 5 nitrogen and oxygen atoms in total. The second-order valence-corrected chi connectivity index (χ2v) is 2.78. The van der Waals surface area contributed by atoms with Gasteiger partial charge < -0.3 is 15.7 Å². The van der Waals surface area contributed by atoms with Gasteiger partial charge in [-0.2, -0.15) is 0 Å². The maximum atomic E-state index is 12.5. The van der Waals surface area contributed by atoms with Gasteiger partial charge in [-0.3, -0.25) is 0 Å². The zero-order valence-corrected chi connectivity index (χ0v) is 8.11. The third kappa shape index (κ3) is 4.23. The van der Waals surface area contributed by atoms with Gasteiger partial charge in [0.25, 0.3) is 0 Å². The minimum Gasteiger partial charge on any atom is -0.478 e. The lowest BCUT2D eigenvalue weighted by atomic mass is 10.3. The molecule has 0 aliphatic heterocycles. The van der Waals surface area contributed by atoms with Crippen molar-refractivity contribution in [3.8, 4) is 0 Å². The first-order chi connectivity index (χ1) is 7.58. The van der Waals surface area contributed by atoms with Gasteiger partial charge >= 0.3 is 12.0 Å². The first-order valence-electron chi connectivity index (χ1n) is 4.30. The van der Waals surface area contributed by atoms with Crippen LogP contribution in [0.25, 0.3) is 0 Å². The Morgan fingerprint density at radius 3 is 2.44 bits per heavy atom. The number of hydrogen-bond acceptors (Lipinski definition) is 2. The first-order valence-corrected chi connectivity index (χ1v) is 4.30. The molecule has 0 fully saturated rings. The van der Waals surface area contributed by atoms with Crippen LogP contribution in [0.4, 0.5) is 14.9 Å². The molecule has 3 N–H and O–H groups in total. The summed E-state index contributed by atoms with van der Waals surface area (Å²) in [6.07, 6.45) is 1.77. The maximum absolute atomic E-state index is 12.5. The zero-order valence-electron chi connectivity index (χ0n) is 8.11. The van der Waals surface area contributed by atoms with Gasteiger partial charge in [-0.15, -0.1) is 0 Å². The van der Waals surface area contributed by atoms with Crippen LogP contribution < -0.4 is 10.6 Å². The van der Waals surface area contributed by atoms with Crippen LogP contribution >= 0.6 is 0 Å². The molecule has 0 saturated carbocycles. The Morgan fingerprint density at radius 1 is 1.25 bits per heavy atom. The number of carboxylic acids is 1. The fraction of sp³-hybridized carbons (Fsp3) is 0. The van der Waals surface area contributed by atoms with Crippen LogP contribution in [0.5, 0.6) is 0 Å². The minimum atomic E-state index is -1.16. The Kier molecular flexibility index (Phi) is 4.02. The highest BCUT2D eigenvalue weighted by Crippen LogP contribution is 2.07. The summed E-state index contributed by atoms with van der Waals surface area (Å²) in [4.78, 5) is 21.2. The Labute approximate surface area is 90.6 Å². The summed E-state index contributed by atoms with van der Waals surface area (Å²) in [5.74, 6) is -1.57. The quantitative estimate of drug-likeness (QED) is 0.681. The first kappa shape index (κ1) is 11.7. The average molecular weight is 224 g/mol. The summed E-state index contributed by atoms with van der Waals surface area (Å²) >= 11 is 0. The molecule has 1 aromatic rings. The number of nitrogens with one attached hydrogen (secondary N) is 2. The molecule has 6 heteroatoms. The lowest BCUT2D eigenvalue weighted by Gasteiger charge is -2.03. The van der Waals surface area contributed by atoms with Crippen molar-refractivity contribution in [1.29, 1.82) is 0 Å². The summed E-state index contributed by atoms with van der Waals surface area (Å²) in [6.45, 7) is 0. The SMILES string of the molecule is O=C(O)/C=C/NC(=O)Nc1ccc(F)cc1. The van der Waals surface area contributed by atoms with E-state index in [1.54, 1.807) is 0 Å². The molecule has 0 aromatic heterocycles. The average Bonchev–Trinajstić information content (AvgIpc) is 2.21. The molecular weight excluding hydrogens is 215 g/mol. The number of amides is 2.